The van der Waals surface area contributed by atoms with E-state index in [1.54, 1.807) is 0 Å². The molecule has 1 aliphatic rings. The minimum absolute atomic E-state index is 0.199. The molecule has 1 N–H and O–H groups in total. The van der Waals surface area contributed by atoms with Crippen LogP contribution in [0.15, 0.2) is 18.5 Å². The molecule has 4 nitrogen and oxygen atoms in total. The number of piperazine rings is 1. The third-order valence-corrected chi connectivity index (χ3v) is 4.44. The highest BCUT2D eigenvalue weighted by Gasteiger charge is 2.37. The number of rotatable bonds is 4. The number of nitrogens with zero attached hydrogens (tertiary/aromatic N) is 3. The first-order valence-corrected chi connectivity index (χ1v) is 7.29. The maximum Gasteiger partial charge on any atom is 0.142 e. The Morgan fingerprint density at radius 3 is 2.68 bits per heavy atom. The Morgan fingerprint density at radius 1 is 1.42 bits per heavy atom. The topological polar surface area (TPSA) is 41.0 Å². The average molecular weight is 262 g/mol. The van der Waals surface area contributed by atoms with Crippen molar-refractivity contribution in [2.24, 2.45) is 5.92 Å². The Kier molecular flexibility index (Phi) is 4.53. The molecule has 1 fully saturated rings. The van der Waals surface area contributed by atoms with E-state index in [2.05, 4.69) is 47.9 Å². The lowest BCUT2D eigenvalue weighted by Gasteiger charge is -2.48. The molecule has 1 aromatic heterocycles. The smallest absolute Gasteiger partial charge is 0.142 e. The number of aromatic nitrogens is 2. The molecule has 0 saturated carbocycles. The quantitative estimate of drug-likeness (QED) is 0.902. The van der Waals surface area contributed by atoms with Crippen LogP contribution >= 0.6 is 0 Å². The maximum absolute atomic E-state index is 4.37. The van der Waals surface area contributed by atoms with E-state index >= 15 is 0 Å². The molecule has 0 radical (unpaired) electrons. The van der Waals surface area contributed by atoms with Crippen LogP contribution in [-0.2, 0) is 6.54 Å². The normalized spacial score (nSPS) is 28.8. The summed E-state index contributed by atoms with van der Waals surface area (Å²) in [4.78, 5) is 11.3. The van der Waals surface area contributed by atoms with Gasteiger partial charge in [-0.1, -0.05) is 20.8 Å². The van der Waals surface area contributed by atoms with Gasteiger partial charge in [0, 0.05) is 37.1 Å². The van der Waals surface area contributed by atoms with E-state index in [1.807, 2.05) is 18.5 Å². The van der Waals surface area contributed by atoms with Crippen LogP contribution in [0.2, 0.25) is 0 Å². The molecule has 106 valence electrons. The lowest BCUT2D eigenvalue weighted by Crippen LogP contribution is -2.63. The SMILES string of the molecule is CCC1(C)CNC(C(C)C)CN1Cc1ncccn1. The van der Waals surface area contributed by atoms with Crippen molar-refractivity contribution in [1.29, 1.82) is 0 Å². The monoisotopic (exact) mass is 262 g/mol. The second-order valence-electron chi connectivity index (χ2n) is 6.13. The van der Waals surface area contributed by atoms with Crippen LogP contribution < -0.4 is 5.32 Å². The summed E-state index contributed by atoms with van der Waals surface area (Å²) in [6.45, 7) is 12.1. The Morgan fingerprint density at radius 2 is 2.11 bits per heavy atom. The highest BCUT2D eigenvalue weighted by molar-refractivity contribution is 4.99. The van der Waals surface area contributed by atoms with Gasteiger partial charge in [0.2, 0.25) is 0 Å². The summed E-state index contributed by atoms with van der Waals surface area (Å²) in [5, 5.41) is 3.69. The summed E-state index contributed by atoms with van der Waals surface area (Å²) in [6, 6.07) is 2.43. The molecule has 2 heterocycles. The Hall–Kier alpha value is -1.00. The van der Waals surface area contributed by atoms with Gasteiger partial charge in [0.05, 0.1) is 6.54 Å². The summed E-state index contributed by atoms with van der Waals surface area (Å²) in [7, 11) is 0. The number of nitrogens with one attached hydrogen (secondary N) is 1. The molecular formula is C15H26N4. The molecule has 2 unspecified atom stereocenters. The van der Waals surface area contributed by atoms with E-state index in [0.29, 0.717) is 12.0 Å². The molecule has 2 atom stereocenters. The van der Waals surface area contributed by atoms with Crippen LogP contribution in [0.3, 0.4) is 0 Å². The standard InChI is InChI=1S/C15H26N4/c1-5-15(4)11-18-13(12(2)3)9-19(15)10-14-16-7-6-8-17-14/h6-8,12-13,18H,5,9-11H2,1-4H3. The van der Waals surface area contributed by atoms with Crippen LogP contribution in [0.1, 0.15) is 39.9 Å². The maximum atomic E-state index is 4.37. The van der Waals surface area contributed by atoms with Gasteiger partial charge in [-0.15, -0.1) is 0 Å². The van der Waals surface area contributed by atoms with E-state index < -0.39 is 0 Å². The minimum atomic E-state index is 0.199. The number of hydrogen-bond donors (Lipinski definition) is 1. The highest BCUT2D eigenvalue weighted by atomic mass is 15.3. The molecule has 1 saturated heterocycles. The first-order chi connectivity index (χ1) is 9.05. The van der Waals surface area contributed by atoms with Crippen molar-refractivity contribution in [3.05, 3.63) is 24.3 Å². The Bertz CT molecular complexity index is 392. The summed E-state index contributed by atoms with van der Waals surface area (Å²) in [6.07, 6.45) is 4.79. The fraction of sp³-hybridized carbons (Fsp3) is 0.733. The van der Waals surface area contributed by atoms with Gasteiger partial charge in [-0.05, 0) is 25.3 Å². The second-order valence-corrected chi connectivity index (χ2v) is 6.13. The Labute approximate surface area is 116 Å². The van der Waals surface area contributed by atoms with E-state index in [0.717, 1.165) is 31.9 Å². The first kappa shape index (κ1) is 14.4. The molecular weight excluding hydrogens is 236 g/mol. The van der Waals surface area contributed by atoms with Crippen LogP contribution in [-0.4, -0.2) is 39.5 Å². The molecule has 2 rings (SSSR count). The predicted molar refractivity (Wildman–Crippen MR) is 77.8 cm³/mol. The van der Waals surface area contributed by atoms with Crippen molar-refractivity contribution in [1.82, 2.24) is 20.2 Å². The van der Waals surface area contributed by atoms with Crippen molar-refractivity contribution >= 4 is 0 Å². The predicted octanol–water partition coefficient (Wildman–Crippen LogP) is 2.08. The zero-order valence-corrected chi connectivity index (χ0v) is 12.6. The van der Waals surface area contributed by atoms with Crippen molar-refractivity contribution in [2.45, 2.75) is 52.2 Å². The van der Waals surface area contributed by atoms with Crippen LogP contribution in [0.5, 0.6) is 0 Å². The summed E-state index contributed by atoms with van der Waals surface area (Å²) in [5.41, 5.74) is 0.199. The third kappa shape index (κ3) is 3.31. The van der Waals surface area contributed by atoms with Gasteiger partial charge < -0.3 is 5.32 Å². The molecule has 1 aromatic rings. The highest BCUT2D eigenvalue weighted by Crippen LogP contribution is 2.26. The fourth-order valence-corrected chi connectivity index (χ4v) is 2.62. The van der Waals surface area contributed by atoms with Gasteiger partial charge in [-0.2, -0.15) is 0 Å². The number of hydrogen-bond acceptors (Lipinski definition) is 4. The van der Waals surface area contributed by atoms with Crippen molar-refractivity contribution in [3.63, 3.8) is 0 Å². The second kappa shape index (κ2) is 5.97. The molecule has 0 aliphatic carbocycles. The van der Waals surface area contributed by atoms with E-state index in [-0.39, 0.29) is 5.54 Å². The van der Waals surface area contributed by atoms with Gasteiger partial charge in [-0.25, -0.2) is 9.97 Å². The summed E-state index contributed by atoms with van der Waals surface area (Å²) >= 11 is 0. The minimum Gasteiger partial charge on any atom is -0.311 e. The van der Waals surface area contributed by atoms with Crippen molar-refractivity contribution < 1.29 is 0 Å². The van der Waals surface area contributed by atoms with E-state index in [4.69, 9.17) is 0 Å². The molecule has 0 aromatic carbocycles. The third-order valence-electron chi connectivity index (χ3n) is 4.44. The molecule has 4 heteroatoms. The average Bonchev–Trinajstić information content (AvgIpc) is 2.42. The zero-order chi connectivity index (χ0) is 13.9. The molecule has 0 spiro atoms. The summed E-state index contributed by atoms with van der Waals surface area (Å²) in [5.74, 6) is 1.58. The molecule has 0 bridgehead atoms. The lowest BCUT2D eigenvalue weighted by atomic mass is 9.89. The zero-order valence-electron chi connectivity index (χ0n) is 12.6. The van der Waals surface area contributed by atoms with E-state index in [9.17, 15) is 0 Å². The van der Waals surface area contributed by atoms with E-state index in [1.165, 1.54) is 0 Å². The molecule has 1 aliphatic heterocycles. The van der Waals surface area contributed by atoms with Crippen LogP contribution in [0, 0.1) is 5.92 Å². The van der Waals surface area contributed by atoms with Crippen molar-refractivity contribution in [3.8, 4) is 0 Å². The Balaban J connectivity index is 2.12. The van der Waals surface area contributed by atoms with Gasteiger partial charge >= 0.3 is 0 Å². The van der Waals surface area contributed by atoms with Gasteiger partial charge in [-0.3, -0.25) is 4.90 Å². The molecule has 19 heavy (non-hydrogen) atoms. The molecule has 0 amide bonds. The van der Waals surface area contributed by atoms with Crippen LogP contribution in [0.4, 0.5) is 0 Å². The largest absolute Gasteiger partial charge is 0.311 e. The summed E-state index contributed by atoms with van der Waals surface area (Å²) < 4.78 is 0. The van der Waals surface area contributed by atoms with Gasteiger partial charge in [0.15, 0.2) is 0 Å². The van der Waals surface area contributed by atoms with Gasteiger partial charge in [0.25, 0.3) is 0 Å². The first-order valence-electron chi connectivity index (χ1n) is 7.29. The van der Waals surface area contributed by atoms with Crippen molar-refractivity contribution in [2.75, 3.05) is 13.1 Å². The van der Waals surface area contributed by atoms with Crippen LogP contribution in [0.25, 0.3) is 0 Å². The lowest BCUT2D eigenvalue weighted by molar-refractivity contribution is 0.0296. The fourth-order valence-electron chi connectivity index (χ4n) is 2.62. The van der Waals surface area contributed by atoms with Gasteiger partial charge in [0.1, 0.15) is 5.82 Å².